The van der Waals surface area contributed by atoms with E-state index in [0.29, 0.717) is 17.9 Å². The van der Waals surface area contributed by atoms with Gasteiger partial charge in [0.2, 0.25) is 0 Å². The van der Waals surface area contributed by atoms with Gasteiger partial charge in [-0.3, -0.25) is 9.89 Å². The molecule has 0 spiro atoms. The van der Waals surface area contributed by atoms with Crippen molar-refractivity contribution < 1.29 is 4.74 Å². The van der Waals surface area contributed by atoms with Crippen molar-refractivity contribution in [2.75, 3.05) is 39.9 Å². The lowest BCUT2D eigenvalue weighted by atomic mass is 10.1. The number of nitrogens with one attached hydrogen (secondary N) is 2. The normalized spacial score (nSPS) is 35.5. The second-order valence-electron chi connectivity index (χ2n) is 6.60. The van der Waals surface area contributed by atoms with E-state index in [1.165, 1.54) is 32.4 Å². The SMILES string of the molecule is CN=C(NCC1CCOC1)NC1CN(C2CC2)CC1C. The van der Waals surface area contributed by atoms with Gasteiger partial charge in [0.05, 0.1) is 6.61 Å². The first-order valence-electron chi connectivity index (χ1n) is 8.05. The Labute approximate surface area is 122 Å². The summed E-state index contributed by atoms with van der Waals surface area (Å²) in [6.07, 6.45) is 3.96. The van der Waals surface area contributed by atoms with Crippen LogP contribution in [0.5, 0.6) is 0 Å². The van der Waals surface area contributed by atoms with Gasteiger partial charge in [0.25, 0.3) is 0 Å². The topological polar surface area (TPSA) is 48.9 Å². The zero-order chi connectivity index (χ0) is 13.9. The molecule has 2 saturated heterocycles. The number of hydrogen-bond donors (Lipinski definition) is 2. The summed E-state index contributed by atoms with van der Waals surface area (Å²) in [5.74, 6) is 2.29. The first-order valence-corrected chi connectivity index (χ1v) is 8.05. The smallest absolute Gasteiger partial charge is 0.191 e. The fraction of sp³-hybridized carbons (Fsp3) is 0.933. The van der Waals surface area contributed by atoms with Crippen molar-refractivity contribution in [3.63, 3.8) is 0 Å². The zero-order valence-corrected chi connectivity index (χ0v) is 12.8. The molecule has 2 aliphatic heterocycles. The highest BCUT2D eigenvalue weighted by atomic mass is 16.5. The Bertz CT molecular complexity index is 350. The molecule has 0 radical (unpaired) electrons. The predicted octanol–water partition coefficient (Wildman–Crippen LogP) is 0.671. The van der Waals surface area contributed by atoms with Crippen molar-refractivity contribution in [2.24, 2.45) is 16.8 Å². The molecular formula is C15H28N4O. The number of likely N-dealkylation sites (tertiary alicyclic amines) is 1. The standard InChI is InChI=1S/C15H28N4O/c1-11-8-19(13-3-4-13)9-14(11)18-15(16-2)17-7-12-5-6-20-10-12/h11-14H,3-10H2,1-2H3,(H2,16,17,18). The summed E-state index contributed by atoms with van der Waals surface area (Å²) >= 11 is 0. The van der Waals surface area contributed by atoms with Gasteiger partial charge in [0, 0.05) is 51.3 Å². The Morgan fingerprint density at radius 3 is 2.80 bits per heavy atom. The molecule has 0 amide bonds. The zero-order valence-electron chi connectivity index (χ0n) is 12.8. The first-order chi connectivity index (χ1) is 9.76. The quantitative estimate of drug-likeness (QED) is 0.587. The molecular weight excluding hydrogens is 252 g/mol. The molecule has 3 atom stereocenters. The van der Waals surface area contributed by atoms with Crippen molar-refractivity contribution >= 4 is 5.96 Å². The van der Waals surface area contributed by atoms with Crippen molar-refractivity contribution in [3.8, 4) is 0 Å². The van der Waals surface area contributed by atoms with Gasteiger partial charge < -0.3 is 15.4 Å². The summed E-state index contributed by atoms with van der Waals surface area (Å²) in [5, 5.41) is 7.07. The molecule has 114 valence electrons. The molecule has 1 aliphatic carbocycles. The number of hydrogen-bond acceptors (Lipinski definition) is 3. The number of nitrogens with zero attached hydrogens (tertiary/aromatic N) is 2. The van der Waals surface area contributed by atoms with E-state index < -0.39 is 0 Å². The molecule has 3 rings (SSSR count). The van der Waals surface area contributed by atoms with Gasteiger partial charge in [-0.1, -0.05) is 6.92 Å². The molecule has 5 nitrogen and oxygen atoms in total. The lowest BCUT2D eigenvalue weighted by molar-refractivity contribution is 0.186. The summed E-state index contributed by atoms with van der Waals surface area (Å²) in [6.45, 7) is 7.51. The second-order valence-corrected chi connectivity index (χ2v) is 6.60. The Balaban J connectivity index is 1.44. The lowest BCUT2D eigenvalue weighted by Crippen LogP contribution is -2.47. The molecule has 20 heavy (non-hydrogen) atoms. The lowest BCUT2D eigenvalue weighted by Gasteiger charge is -2.21. The van der Waals surface area contributed by atoms with Crippen molar-refractivity contribution in [2.45, 2.75) is 38.3 Å². The summed E-state index contributed by atoms with van der Waals surface area (Å²) in [5.41, 5.74) is 0. The van der Waals surface area contributed by atoms with E-state index in [9.17, 15) is 0 Å². The molecule has 3 unspecified atom stereocenters. The van der Waals surface area contributed by atoms with Gasteiger partial charge in [0.15, 0.2) is 5.96 Å². The maximum absolute atomic E-state index is 5.41. The molecule has 0 aromatic heterocycles. The van der Waals surface area contributed by atoms with Gasteiger partial charge in [-0.15, -0.1) is 0 Å². The average molecular weight is 280 g/mol. The van der Waals surface area contributed by atoms with Gasteiger partial charge >= 0.3 is 0 Å². The van der Waals surface area contributed by atoms with Gasteiger partial charge in [-0.2, -0.15) is 0 Å². The summed E-state index contributed by atoms with van der Waals surface area (Å²) in [4.78, 5) is 7.01. The molecule has 3 aliphatic rings. The minimum Gasteiger partial charge on any atom is -0.381 e. The molecule has 1 saturated carbocycles. The van der Waals surface area contributed by atoms with Crippen LogP contribution in [0, 0.1) is 11.8 Å². The van der Waals surface area contributed by atoms with E-state index in [4.69, 9.17) is 4.74 Å². The Hall–Kier alpha value is -0.810. The van der Waals surface area contributed by atoms with Crippen LogP contribution in [0.25, 0.3) is 0 Å². The van der Waals surface area contributed by atoms with E-state index in [1.54, 1.807) is 0 Å². The van der Waals surface area contributed by atoms with E-state index in [0.717, 1.165) is 31.8 Å². The third-order valence-electron chi connectivity index (χ3n) is 4.83. The highest BCUT2D eigenvalue weighted by Gasteiger charge is 2.38. The van der Waals surface area contributed by atoms with Gasteiger partial charge in [-0.25, -0.2) is 0 Å². The highest BCUT2D eigenvalue weighted by molar-refractivity contribution is 5.80. The molecule has 0 bridgehead atoms. The van der Waals surface area contributed by atoms with Crippen LogP contribution in [0.1, 0.15) is 26.2 Å². The van der Waals surface area contributed by atoms with Crippen molar-refractivity contribution in [1.29, 1.82) is 0 Å². The van der Waals surface area contributed by atoms with E-state index in [2.05, 4.69) is 27.4 Å². The fourth-order valence-corrected chi connectivity index (χ4v) is 3.29. The van der Waals surface area contributed by atoms with Crippen LogP contribution in [-0.2, 0) is 4.74 Å². The van der Waals surface area contributed by atoms with Crippen LogP contribution in [-0.4, -0.2) is 62.8 Å². The Morgan fingerprint density at radius 2 is 2.15 bits per heavy atom. The number of aliphatic imine (C=N–C) groups is 1. The average Bonchev–Trinajstić information content (AvgIpc) is 3.05. The molecule has 0 aromatic rings. The third kappa shape index (κ3) is 3.44. The van der Waals surface area contributed by atoms with E-state index in [-0.39, 0.29) is 0 Å². The summed E-state index contributed by atoms with van der Waals surface area (Å²) in [6, 6.07) is 1.40. The van der Waals surface area contributed by atoms with Gasteiger partial charge in [0.1, 0.15) is 0 Å². The first kappa shape index (κ1) is 14.1. The van der Waals surface area contributed by atoms with Gasteiger partial charge in [-0.05, 0) is 25.2 Å². The number of rotatable bonds is 4. The van der Waals surface area contributed by atoms with Crippen LogP contribution in [0.15, 0.2) is 4.99 Å². The molecule has 3 fully saturated rings. The van der Waals surface area contributed by atoms with Crippen LogP contribution in [0.4, 0.5) is 0 Å². The molecule has 0 aromatic carbocycles. The predicted molar refractivity (Wildman–Crippen MR) is 81.0 cm³/mol. The second kappa shape index (κ2) is 6.31. The van der Waals surface area contributed by atoms with Crippen LogP contribution in [0.3, 0.4) is 0 Å². The van der Waals surface area contributed by atoms with Crippen molar-refractivity contribution in [1.82, 2.24) is 15.5 Å². The van der Waals surface area contributed by atoms with Crippen LogP contribution in [0.2, 0.25) is 0 Å². The maximum Gasteiger partial charge on any atom is 0.191 e. The van der Waals surface area contributed by atoms with Crippen molar-refractivity contribution in [3.05, 3.63) is 0 Å². The third-order valence-corrected chi connectivity index (χ3v) is 4.83. The Kier molecular flexibility index (Phi) is 4.46. The maximum atomic E-state index is 5.41. The van der Waals surface area contributed by atoms with E-state index >= 15 is 0 Å². The minimum absolute atomic E-state index is 0.529. The summed E-state index contributed by atoms with van der Waals surface area (Å²) < 4.78 is 5.41. The minimum atomic E-state index is 0.529. The molecule has 5 heteroatoms. The molecule has 2 N–H and O–H groups in total. The van der Waals surface area contributed by atoms with E-state index in [1.807, 2.05) is 7.05 Å². The van der Waals surface area contributed by atoms with Crippen LogP contribution < -0.4 is 10.6 Å². The largest absolute Gasteiger partial charge is 0.381 e. The molecule has 2 heterocycles. The fourth-order valence-electron chi connectivity index (χ4n) is 3.29. The summed E-state index contributed by atoms with van der Waals surface area (Å²) in [7, 11) is 1.86. The van der Waals surface area contributed by atoms with Crippen LogP contribution >= 0.6 is 0 Å². The Morgan fingerprint density at radius 1 is 1.30 bits per heavy atom. The number of ether oxygens (including phenoxy) is 1. The highest BCUT2D eigenvalue weighted by Crippen LogP contribution is 2.31. The monoisotopic (exact) mass is 280 g/mol. The number of guanidine groups is 1.